The molecule has 4 nitrogen and oxygen atoms in total. The van der Waals surface area contributed by atoms with Crippen molar-refractivity contribution in [3.05, 3.63) is 76.8 Å². The van der Waals surface area contributed by atoms with Crippen LogP contribution in [0.15, 0.2) is 60.7 Å². The van der Waals surface area contributed by atoms with E-state index < -0.39 is 0 Å². The van der Waals surface area contributed by atoms with Crippen LogP contribution >= 0.6 is 11.6 Å². The Morgan fingerprint density at radius 3 is 2.52 bits per heavy atom. The maximum absolute atomic E-state index is 12.8. The maximum Gasteiger partial charge on any atom is 0.246 e. The molecule has 5 heteroatoms. The van der Waals surface area contributed by atoms with Crippen LogP contribution in [-0.2, 0) is 9.59 Å². The molecule has 0 radical (unpaired) electrons. The second kappa shape index (κ2) is 10.3. The SMILES string of the molecule is CCC(NC(=O)C1CCN(C(=O)C=Cc2ccccc2)CC1)c1cccc(Cl)c1. The molecule has 0 aromatic heterocycles. The minimum Gasteiger partial charge on any atom is -0.349 e. The van der Waals surface area contributed by atoms with E-state index in [2.05, 4.69) is 5.32 Å². The monoisotopic (exact) mass is 410 g/mol. The highest BCUT2D eigenvalue weighted by Gasteiger charge is 2.27. The van der Waals surface area contributed by atoms with Gasteiger partial charge in [0.05, 0.1) is 6.04 Å². The quantitative estimate of drug-likeness (QED) is 0.691. The Balaban J connectivity index is 1.51. The van der Waals surface area contributed by atoms with Gasteiger partial charge in [0, 0.05) is 30.1 Å². The molecule has 0 spiro atoms. The molecular weight excluding hydrogens is 384 g/mol. The van der Waals surface area contributed by atoms with E-state index in [1.807, 2.05) is 72.5 Å². The highest BCUT2D eigenvalue weighted by atomic mass is 35.5. The van der Waals surface area contributed by atoms with Crippen LogP contribution in [0.3, 0.4) is 0 Å². The van der Waals surface area contributed by atoms with Crippen molar-refractivity contribution in [3.8, 4) is 0 Å². The van der Waals surface area contributed by atoms with Gasteiger partial charge >= 0.3 is 0 Å². The van der Waals surface area contributed by atoms with E-state index in [0.717, 1.165) is 17.5 Å². The summed E-state index contributed by atoms with van der Waals surface area (Å²) in [6.07, 6.45) is 5.61. The molecule has 2 amide bonds. The van der Waals surface area contributed by atoms with Crippen LogP contribution in [0.25, 0.3) is 6.08 Å². The van der Waals surface area contributed by atoms with Crippen molar-refractivity contribution in [2.24, 2.45) is 5.92 Å². The van der Waals surface area contributed by atoms with Gasteiger partial charge < -0.3 is 10.2 Å². The highest BCUT2D eigenvalue weighted by Crippen LogP contribution is 2.23. The standard InChI is InChI=1S/C24H27ClN2O2/c1-2-22(20-9-6-10-21(25)17-20)26-24(29)19-13-15-27(16-14-19)23(28)12-11-18-7-4-3-5-8-18/h3-12,17,19,22H,2,13-16H2,1H3,(H,26,29). The zero-order valence-electron chi connectivity index (χ0n) is 16.7. The fourth-order valence-corrected chi connectivity index (χ4v) is 3.83. The number of nitrogens with zero attached hydrogens (tertiary/aromatic N) is 1. The van der Waals surface area contributed by atoms with Gasteiger partial charge in [-0.1, -0.05) is 61.0 Å². The lowest BCUT2D eigenvalue weighted by Crippen LogP contribution is -2.43. The molecule has 1 atom stereocenters. The Bertz CT molecular complexity index is 858. The van der Waals surface area contributed by atoms with Crippen molar-refractivity contribution in [1.29, 1.82) is 0 Å². The molecule has 1 heterocycles. The number of carbonyl (C=O) groups is 2. The van der Waals surface area contributed by atoms with Crippen LogP contribution in [0.4, 0.5) is 0 Å². The minimum absolute atomic E-state index is 0.00178. The van der Waals surface area contributed by atoms with Crippen LogP contribution in [0.2, 0.25) is 5.02 Å². The molecular formula is C24H27ClN2O2. The number of carbonyl (C=O) groups excluding carboxylic acids is 2. The molecule has 1 fully saturated rings. The smallest absolute Gasteiger partial charge is 0.246 e. The fraction of sp³-hybridized carbons (Fsp3) is 0.333. The summed E-state index contributed by atoms with van der Waals surface area (Å²) >= 11 is 6.09. The van der Waals surface area contributed by atoms with E-state index in [1.165, 1.54) is 0 Å². The molecule has 1 aliphatic heterocycles. The first kappa shape index (κ1) is 21.1. The number of hydrogen-bond donors (Lipinski definition) is 1. The Morgan fingerprint density at radius 1 is 1.14 bits per heavy atom. The van der Waals surface area contributed by atoms with E-state index in [0.29, 0.717) is 31.0 Å². The molecule has 3 rings (SSSR count). The molecule has 0 aliphatic carbocycles. The van der Waals surface area contributed by atoms with E-state index >= 15 is 0 Å². The largest absolute Gasteiger partial charge is 0.349 e. The molecule has 29 heavy (non-hydrogen) atoms. The van der Waals surface area contributed by atoms with Gasteiger partial charge in [0.25, 0.3) is 0 Å². The third-order valence-corrected chi connectivity index (χ3v) is 5.61. The summed E-state index contributed by atoms with van der Waals surface area (Å²) in [6, 6.07) is 17.3. The molecule has 1 aliphatic rings. The van der Waals surface area contributed by atoms with Crippen LogP contribution in [-0.4, -0.2) is 29.8 Å². The third kappa shape index (κ3) is 5.94. The lowest BCUT2D eigenvalue weighted by atomic mass is 9.94. The Hall–Kier alpha value is -2.59. The van der Waals surface area contributed by atoms with Crippen molar-refractivity contribution in [2.45, 2.75) is 32.2 Å². The third-order valence-electron chi connectivity index (χ3n) is 5.37. The molecule has 0 bridgehead atoms. The van der Waals surface area contributed by atoms with Crippen molar-refractivity contribution < 1.29 is 9.59 Å². The summed E-state index contributed by atoms with van der Waals surface area (Å²) in [4.78, 5) is 27.0. The zero-order valence-corrected chi connectivity index (χ0v) is 17.4. The van der Waals surface area contributed by atoms with Gasteiger partial charge in [-0.25, -0.2) is 0 Å². The van der Waals surface area contributed by atoms with Gasteiger partial charge in [0.1, 0.15) is 0 Å². The minimum atomic E-state index is -0.0645. The topological polar surface area (TPSA) is 49.4 Å². The van der Waals surface area contributed by atoms with Gasteiger partial charge in [-0.05, 0) is 48.6 Å². The first-order valence-electron chi connectivity index (χ1n) is 10.1. The normalized spacial score (nSPS) is 16.0. The predicted octanol–water partition coefficient (Wildman–Crippen LogP) is 4.86. The second-order valence-corrected chi connectivity index (χ2v) is 7.80. The average molecular weight is 411 g/mol. The molecule has 1 N–H and O–H groups in total. The van der Waals surface area contributed by atoms with E-state index in [-0.39, 0.29) is 23.8 Å². The van der Waals surface area contributed by atoms with Crippen LogP contribution in [0.1, 0.15) is 43.4 Å². The van der Waals surface area contributed by atoms with Crippen LogP contribution < -0.4 is 5.32 Å². The van der Waals surface area contributed by atoms with E-state index in [4.69, 9.17) is 11.6 Å². The van der Waals surface area contributed by atoms with Gasteiger partial charge in [-0.15, -0.1) is 0 Å². The highest BCUT2D eigenvalue weighted by molar-refractivity contribution is 6.30. The summed E-state index contributed by atoms with van der Waals surface area (Å²) in [5, 5.41) is 3.83. The summed E-state index contributed by atoms with van der Waals surface area (Å²) < 4.78 is 0. The molecule has 1 saturated heterocycles. The molecule has 2 aromatic carbocycles. The maximum atomic E-state index is 12.8. The van der Waals surface area contributed by atoms with E-state index in [9.17, 15) is 9.59 Å². The lowest BCUT2D eigenvalue weighted by molar-refractivity contribution is -0.132. The summed E-state index contributed by atoms with van der Waals surface area (Å²) in [5.74, 6) is -0.00721. The van der Waals surface area contributed by atoms with Gasteiger partial charge in [-0.2, -0.15) is 0 Å². The Labute approximate surface area is 177 Å². The number of benzene rings is 2. The molecule has 0 saturated carbocycles. The van der Waals surface area contributed by atoms with Crippen LogP contribution in [0, 0.1) is 5.92 Å². The van der Waals surface area contributed by atoms with Gasteiger partial charge in [0.15, 0.2) is 0 Å². The number of likely N-dealkylation sites (tertiary alicyclic amines) is 1. The van der Waals surface area contributed by atoms with Gasteiger partial charge in [0.2, 0.25) is 11.8 Å². The first-order valence-corrected chi connectivity index (χ1v) is 10.5. The molecule has 152 valence electrons. The predicted molar refractivity (Wildman–Crippen MR) is 117 cm³/mol. The lowest BCUT2D eigenvalue weighted by Gasteiger charge is -2.31. The number of nitrogens with one attached hydrogen (secondary N) is 1. The van der Waals surface area contributed by atoms with Crippen molar-refractivity contribution in [2.75, 3.05) is 13.1 Å². The van der Waals surface area contributed by atoms with E-state index in [1.54, 1.807) is 6.08 Å². The number of halogens is 1. The fourth-order valence-electron chi connectivity index (χ4n) is 3.63. The number of hydrogen-bond acceptors (Lipinski definition) is 2. The Kier molecular flexibility index (Phi) is 7.48. The summed E-state index contributed by atoms with van der Waals surface area (Å²) in [5.41, 5.74) is 2.02. The number of amides is 2. The molecule has 1 unspecified atom stereocenters. The average Bonchev–Trinajstić information content (AvgIpc) is 2.76. The first-order chi connectivity index (χ1) is 14.1. The van der Waals surface area contributed by atoms with Crippen molar-refractivity contribution in [3.63, 3.8) is 0 Å². The zero-order chi connectivity index (χ0) is 20.6. The number of rotatable bonds is 6. The Morgan fingerprint density at radius 2 is 1.86 bits per heavy atom. The summed E-state index contributed by atoms with van der Waals surface area (Å²) in [6.45, 7) is 3.25. The van der Waals surface area contributed by atoms with Gasteiger partial charge in [-0.3, -0.25) is 9.59 Å². The number of piperidine rings is 1. The van der Waals surface area contributed by atoms with Crippen molar-refractivity contribution in [1.82, 2.24) is 10.2 Å². The summed E-state index contributed by atoms with van der Waals surface area (Å²) in [7, 11) is 0. The van der Waals surface area contributed by atoms with Crippen molar-refractivity contribution >= 4 is 29.5 Å². The van der Waals surface area contributed by atoms with Crippen LogP contribution in [0.5, 0.6) is 0 Å². The second-order valence-electron chi connectivity index (χ2n) is 7.37. The molecule has 2 aromatic rings.